The standard InChI is InChI=1S/C20H30N2O6Si/c1-13-8-14(12-28-29(6,7)20(2,3)4)21(11-13)19(24)15-9-18(27-5)17(23)10-16(15)22(25)26/h9-11,14,23H,8,12H2,1-7H3. The van der Waals surface area contributed by atoms with Crippen molar-refractivity contribution in [3.63, 3.8) is 0 Å². The van der Waals surface area contributed by atoms with E-state index >= 15 is 0 Å². The highest BCUT2D eigenvalue weighted by Gasteiger charge is 2.40. The average molecular weight is 423 g/mol. The van der Waals surface area contributed by atoms with Crippen molar-refractivity contribution in [2.75, 3.05) is 13.7 Å². The van der Waals surface area contributed by atoms with Crippen LogP contribution in [0.5, 0.6) is 11.5 Å². The molecule has 0 aliphatic carbocycles. The third-order valence-corrected chi connectivity index (χ3v) is 10.2. The van der Waals surface area contributed by atoms with Crippen LogP contribution in [0.25, 0.3) is 0 Å². The van der Waals surface area contributed by atoms with Gasteiger partial charge in [-0.2, -0.15) is 0 Å². The molecule has 9 heteroatoms. The fourth-order valence-electron chi connectivity index (χ4n) is 2.93. The summed E-state index contributed by atoms with van der Waals surface area (Å²) in [6.07, 6.45) is 2.36. The molecule has 1 unspecified atom stereocenters. The number of carbonyl (C=O) groups is 1. The number of hydrogen-bond donors (Lipinski definition) is 1. The first-order chi connectivity index (χ1) is 13.3. The number of aromatic hydroxyl groups is 1. The minimum absolute atomic E-state index is 0.00733. The normalized spacial score (nSPS) is 17.3. The van der Waals surface area contributed by atoms with Crippen molar-refractivity contribution in [1.82, 2.24) is 4.90 Å². The minimum Gasteiger partial charge on any atom is -0.504 e. The van der Waals surface area contributed by atoms with Gasteiger partial charge in [0.05, 0.1) is 30.7 Å². The maximum atomic E-state index is 13.2. The van der Waals surface area contributed by atoms with E-state index in [4.69, 9.17) is 9.16 Å². The number of nitrogens with zero attached hydrogens (tertiary/aromatic N) is 2. The molecule has 1 amide bonds. The van der Waals surface area contributed by atoms with Crippen molar-refractivity contribution < 1.29 is 24.0 Å². The summed E-state index contributed by atoms with van der Waals surface area (Å²) >= 11 is 0. The van der Waals surface area contributed by atoms with Crippen molar-refractivity contribution in [2.45, 2.75) is 58.3 Å². The predicted molar refractivity (Wildman–Crippen MR) is 113 cm³/mol. The summed E-state index contributed by atoms with van der Waals surface area (Å²) in [7, 11) is -0.687. The molecule has 0 spiro atoms. The van der Waals surface area contributed by atoms with E-state index in [1.165, 1.54) is 18.1 Å². The Kier molecular flexibility index (Phi) is 6.44. The summed E-state index contributed by atoms with van der Waals surface area (Å²) in [6.45, 7) is 13.0. The van der Waals surface area contributed by atoms with Crippen molar-refractivity contribution in [1.29, 1.82) is 0 Å². The topological polar surface area (TPSA) is 102 Å². The smallest absolute Gasteiger partial charge is 0.286 e. The lowest BCUT2D eigenvalue weighted by Gasteiger charge is -2.38. The molecule has 1 aromatic rings. The van der Waals surface area contributed by atoms with Crippen LogP contribution in [0.4, 0.5) is 5.69 Å². The molecule has 1 aliphatic heterocycles. The quantitative estimate of drug-likeness (QED) is 0.413. The third kappa shape index (κ3) is 4.79. The van der Waals surface area contributed by atoms with Crippen LogP contribution < -0.4 is 4.74 Å². The second-order valence-corrected chi connectivity index (χ2v) is 13.7. The SMILES string of the molecule is COc1cc(C(=O)N2C=C(C)CC2CO[Si](C)(C)C(C)(C)C)c([N+](=O)[O-])cc1O. The molecule has 0 radical (unpaired) electrons. The van der Waals surface area contributed by atoms with Crippen LogP contribution in [0.3, 0.4) is 0 Å². The lowest BCUT2D eigenvalue weighted by molar-refractivity contribution is -0.385. The number of phenolic OH excluding ortho intramolecular Hbond substituents is 1. The highest BCUT2D eigenvalue weighted by Crippen LogP contribution is 2.38. The van der Waals surface area contributed by atoms with E-state index in [-0.39, 0.29) is 28.1 Å². The Labute approximate surface area is 172 Å². The number of hydrogen-bond acceptors (Lipinski definition) is 6. The molecule has 0 bridgehead atoms. The van der Waals surface area contributed by atoms with Crippen LogP contribution in [0.1, 0.15) is 44.5 Å². The minimum atomic E-state index is -2.01. The first-order valence-electron chi connectivity index (χ1n) is 9.48. The molecule has 0 saturated heterocycles. The van der Waals surface area contributed by atoms with Gasteiger partial charge in [0, 0.05) is 12.3 Å². The zero-order valence-electron chi connectivity index (χ0n) is 18.1. The molecule has 0 fully saturated rings. The van der Waals surface area contributed by atoms with Gasteiger partial charge in [-0.05, 0) is 31.5 Å². The van der Waals surface area contributed by atoms with Crippen LogP contribution in [-0.2, 0) is 4.43 Å². The number of benzene rings is 1. The molecule has 1 aliphatic rings. The number of amides is 1. The van der Waals surface area contributed by atoms with E-state index < -0.39 is 24.8 Å². The summed E-state index contributed by atoms with van der Waals surface area (Å²) in [5.41, 5.74) is 0.402. The Morgan fingerprint density at radius 1 is 1.38 bits per heavy atom. The zero-order chi connectivity index (χ0) is 22.1. The molecule has 29 heavy (non-hydrogen) atoms. The maximum Gasteiger partial charge on any atom is 0.286 e. The fraction of sp³-hybridized carbons (Fsp3) is 0.550. The molecular formula is C20H30N2O6Si. The van der Waals surface area contributed by atoms with Gasteiger partial charge < -0.3 is 19.2 Å². The number of nitro benzene ring substituents is 1. The molecule has 1 N–H and O–H groups in total. The Hall–Kier alpha value is -2.39. The van der Waals surface area contributed by atoms with Crippen molar-refractivity contribution in [2.24, 2.45) is 0 Å². The zero-order valence-corrected chi connectivity index (χ0v) is 19.1. The Balaban J connectivity index is 2.34. The first kappa shape index (κ1) is 22.9. The number of nitro groups is 1. The third-order valence-electron chi connectivity index (χ3n) is 5.71. The van der Waals surface area contributed by atoms with E-state index in [0.717, 1.165) is 11.6 Å². The molecular weight excluding hydrogens is 392 g/mol. The van der Waals surface area contributed by atoms with Crippen LogP contribution in [0.15, 0.2) is 23.9 Å². The largest absolute Gasteiger partial charge is 0.504 e. The summed E-state index contributed by atoms with van der Waals surface area (Å²) in [6, 6.07) is 1.92. The van der Waals surface area contributed by atoms with Gasteiger partial charge in [0.25, 0.3) is 11.6 Å². The highest BCUT2D eigenvalue weighted by molar-refractivity contribution is 6.74. The van der Waals surface area contributed by atoms with Gasteiger partial charge >= 0.3 is 0 Å². The Morgan fingerprint density at radius 3 is 2.52 bits per heavy atom. The van der Waals surface area contributed by atoms with Crippen molar-refractivity contribution in [3.8, 4) is 11.5 Å². The molecule has 8 nitrogen and oxygen atoms in total. The van der Waals surface area contributed by atoms with Gasteiger partial charge in [-0.15, -0.1) is 0 Å². The second kappa shape index (κ2) is 8.15. The number of phenols is 1. The van der Waals surface area contributed by atoms with E-state index in [1.54, 1.807) is 6.20 Å². The number of methoxy groups -OCH3 is 1. The summed E-state index contributed by atoms with van der Waals surface area (Å²) < 4.78 is 11.3. The van der Waals surface area contributed by atoms with E-state index in [2.05, 4.69) is 33.9 Å². The molecule has 1 heterocycles. The summed E-state index contributed by atoms with van der Waals surface area (Å²) in [4.78, 5) is 25.5. The fourth-order valence-corrected chi connectivity index (χ4v) is 3.97. The van der Waals surface area contributed by atoms with E-state index in [0.29, 0.717) is 13.0 Å². The van der Waals surface area contributed by atoms with Gasteiger partial charge in [0.1, 0.15) is 5.56 Å². The predicted octanol–water partition coefficient (Wildman–Crippen LogP) is 4.45. The Bertz CT molecular complexity index is 844. The van der Waals surface area contributed by atoms with Crippen molar-refractivity contribution in [3.05, 3.63) is 39.6 Å². The summed E-state index contributed by atoms with van der Waals surface area (Å²) in [5, 5.41) is 21.4. The van der Waals surface area contributed by atoms with Crippen LogP contribution in [-0.4, -0.2) is 48.9 Å². The van der Waals surface area contributed by atoms with Gasteiger partial charge in [-0.25, -0.2) is 0 Å². The monoisotopic (exact) mass is 422 g/mol. The lowest BCUT2D eigenvalue weighted by Crippen LogP contribution is -2.45. The molecule has 160 valence electrons. The highest BCUT2D eigenvalue weighted by atomic mass is 28.4. The second-order valence-electron chi connectivity index (χ2n) is 8.92. The molecule has 0 aromatic heterocycles. The van der Waals surface area contributed by atoms with Gasteiger partial charge in [-0.1, -0.05) is 26.3 Å². The number of carbonyl (C=O) groups excluding carboxylic acids is 1. The number of rotatable bonds is 6. The van der Waals surface area contributed by atoms with Gasteiger partial charge in [0.15, 0.2) is 19.8 Å². The van der Waals surface area contributed by atoms with Gasteiger partial charge in [0.2, 0.25) is 0 Å². The Morgan fingerprint density at radius 2 is 2.00 bits per heavy atom. The molecule has 1 atom stereocenters. The summed E-state index contributed by atoms with van der Waals surface area (Å²) in [5.74, 6) is -0.898. The first-order valence-corrected chi connectivity index (χ1v) is 12.4. The maximum absolute atomic E-state index is 13.2. The molecule has 1 aromatic carbocycles. The number of ether oxygens (including phenoxy) is 1. The van der Waals surface area contributed by atoms with E-state index in [1.807, 2.05) is 6.92 Å². The lowest BCUT2D eigenvalue weighted by atomic mass is 10.1. The molecule has 2 rings (SSSR count). The van der Waals surface area contributed by atoms with Crippen LogP contribution in [0.2, 0.25) is 18.1 Å². The van der Waals surface area contributed by atoms with Crippen molar-refractivity contribution >= 4 is 19.9 Å². The average Bonchev–Trinajstić information content (AvgIpc) is 2.99. The molecule has 0 saturated carbocycles. The van der Waals surface area contributed by atoms with Crippen LogP contribution in [0, 0.1) is 10.1 Å². The van der Waals surface area contributed by atoms with Gasteiger partial charge in [-0.3, -0.25) is 14.9 Å². The van der Waals surface area contributed by atoms with E-state index in [9.17, 15) is 20.0 Å². The van der Waals surface area contributed by atoms with Crippen LogP contribution >= 0.6 is 0 Å².